The van der Waals surface area contributed by atoms with Crippen molar-refractivity contribution in [3.05, 3.63) is 30.1 Å². The Morgan fingerprint density at radius 3 is 2.84 bits per heavy atom. The summed E-state index contributed by atoms with van der Waals surface area (Å²) in [5.74, 6) is 0.260. The van der Waals surface area contributed by atoms with Crippen LogP contribution in [0, 0.1) is 5.92 Å². The number of amides is 2. The van der Waals surface area contributed by atoms with Gasteiger partial charge in [-0.1, -0.05) is 6.07 Å². The van der Waals surface area contributed by atoms with Crippen molar-refractivity contribution in [3.8, 4) is 0 Å². The van der Waals surface area contributed by atoms with Crippen LogP contribution in [0.15, 0.2) is 24.4 Å². The molecule has 2 amide bonds. The smallest absolute Gasteiger partial charge is 0.272 e. The van der Waals surface area contributed by atoms with Crippen molar-refractivity contribution in [2.45, 2.75) is 18.9 Å². The molecule has 0 aromatic carbocycles. The van der Waals surface area contributed by atoms with Gasteiger partial charge in [0.2, 0.25) is 5.91 Å². The first-order valence-corrected chi connectivity index (χ1v) is 8.75. The Morgan fingerprint density at radius 1 is 1.20 bits per heavy atom. The van der Waals surface area contributed by atoms with E-state index < -0.39 is 0 Å². The molecular weight excluding hydrogens is 322 g/mol. The first kappa shape index (κ1) is 17.8. The Balaban J connectivity index is 1.62. The first-order valence-electron chi connectivity index (χ1n) is 8.75. The maximum Gasteiger partial charge on any atom is 0.272 e. The number of hydrogen-bond acceptors (Lipinski definition) is 5. The van der Waals surface area contributed by atoms with Crippen LogP contribution in [0.4, 0.5) is 0 Å². The van der Waals surface area contributed by atoms with Crippen LogP contribution in [-0.4, -0.2) is 79.2 Å². The third kappa shape index (κ3) is 4.35. The molecule has 0 N–H and O–H groups in total. The molecule has 0 aliphatic carbocycles. The molecule has 0 radical (unpaired) electrons. The van der Waals surface area contributed by atoms with Crippen LogP contribution in [0.2, 0.25) is 0 Å². The van der Waals surface area contributed by atoms with Crippen LogP contribution in [0.3, 0.4) is 0 Å². The normalized spacial score (nSPS) is 22.8. The molecule has 7 heteroatoms. The minimum absolute atomic E-state index is 0.00191. The molecule has 3 fully saturated rings. The van der Waals surface area contributed by atoms with Crippen LogP contribution < -0.4 is 0 Å². The van der Waals surface area contributed by atoms with E-state index in [1.165, 1.54) is 0 Å². The number of rotatable bonds is 6. The molecule has 3 saturated heterocycles. The summed E-state index contributed by atoms with van der Waals surface area (Å²) in [7, 11) is 1.60. The number of carbonyl (C=O) groups excluding carboxylic acids is 2. The Kier molecular flexibility index (Phi) is 5.99. The van der Waals surface area contributed by atoms with Gasteiger partial charge in [0.1, 0.15) is 12.3 Å². The van der Waals surface area contributed by atoms with Gasteiger partial charge in [-0.2, -0.15) is 0 Å². The van der Waals surface area contributed by atoms with Gasteiger partial charge in [0.15, 0.2) is 0 Å². The fraction of sp³-hybridized carbons (Fsp3) is 0.611. The minimum atomic E-state index is -0.0526. The third-order valence-corrected chi connectivity index (χ3v) is 4.86. The highest BCUT2D eigenvalue weighted by Crippen LogP contribution is 2.28. The van der Waals surface area contributed by atoms with E-state index in [1.807, 2.05) is 15.9 Å². The maximum absolute atomic E-state index is 12.7. The number of methoxy groups -OCH3 is 1. The van der Waals surface area contributed by atoms with E-state index in [2.05, 4.69) is 4.98 Å². The molecule has 3 aliphatic rings. The van der Waals surface area contributed by atoms with Crippen LogP contribution in [-0.2, 0) is 14.3 Å². The SMILES string of the molecule is COCCOCC(=O)N1C[C@@H]2CC[C@H]1CN(C(=O)c1ccccn1)C2. The van der Waals surface area contributed by atoms with Gasteiger partial charge >= 0.3 is 0 Å². The average molecular weight is 347 g/mol. The topological polar surface area (TPSA) is 72.0 Å². The van der Waals surface area contributed by atoms with Crippen LogP contribution in [0.5, 0.6) is 0 Å². The van der Waals surface area contributed by atoms with Crippen LogP contribution in [0.25, 0.3) is 0 Å². The Hall–Kier alpha value is -1.99. The molecule has 2 atom stereocenters. The second kappa shape index (κ2) is 8.40. The number of ether oxygens (including phenoxy) is 2. The van der Waals surface area contributed by atoms with Gasteiger partial charge in [-0.25, -0.2) is 0 Å². The highest BCUT2D eigenvalue weighted by atomic mass is 16.5. The molecular formula is C18H25N3O4. The zero-order valence-electron chi connectivity index (χ0n) is 14.6. The van der Waals surface area contributed by atoms with Gasteiger partial charge in [0, 0.05) is 39.0 Å². The molecule has 4 rings (SSSR count). The Labute approximate surface area is 147 Å². The zero-order valence-corrected chi connectivity index (χ0v) is 14.6. The molecule has 0 unspecified atom stereocenters. The summed E-state index contributed by atoms with van der Waals surface area (Å²) in [4.78, 5) is 33.1. The van der Waals surface area contributed by atoms with E-state index in [1.54, 1.807) is 25.4 Å². The summed E-state index contributed by atoms with van der Waals surface area (Å²) in [6.45, 7) is 2.90. The summed E-state index contributed by atoms with van der Waals surface area (Å²) in [6.07, 6.45) is 3.61. The highest BCUT2D eigenvalue weighted by Gasteiger charge is 2.38. The molecule has 3 aliphatic heterocycles. The summed E-state index contributed by atoms with van der Waals surface area (Å²) in [6, 6.07) is 5.42. The van der Waals surface area contributed by atoms with E-state index >= 15 is 0 Å². The van der Waals surface area contributed by atoms with E-state index in [4.69, 9.17) is 9.47 Å². The van der Waals surface area contributed by atoms with E-state index in [-0.39, 0.29) is 24.5 Å². The fourth-order valence-electron chi connectivity index (χ4n) is 3.59. The molecule has 7 nitrogen and oxygen atoms in total. The van der Waals surface area contributed by atoms with Crippen LogP contribution >= 0.6 is 0 Å². The fourth-order valence-corrected chi connectivity index (χ4v) is 3.59. The first-order chi connectivity index (χ1) is 12.2. The quantitative estimate of drug-likeness (QED) is 0.712. The lowest BCUT2D eigenvalue weighted by Gasteiger charge is -2.36. The van der Waals surface area contributed by atoms with Crippen molar-refractivity contribution in [1.82, 2.24) is 14.8 Å². The number of fused-ring (bicyclic) bond motifs is 4. The molecule has 0 saturated carbocycles. The number of nitrogens with zero attached hydrogens (tertiary/aromatic N) is 3. The second-order valence-corrected chi connectivity index (χ2v) is 6.61. The Bertz CT molecular complexity index is 595. The predicted molar refractivity (Wildman–Crippen MR) is 91.1 cm³/mol. The van der Waals surface area contributed by atoms with Crippen molar-refractivity contribution in [3.63, 3.8) is 0 Å². The molecule has 1 aromatic rings. The average Bonchev–Trinajstić information content (AvgIpc) is 2.97. The zero-order chi connectivity index (χ0) is 17.6. The maximum atomic E-state index is 12.7. The van der Waals surface area contributed by atoms with Gasteiger partial charge in [-0.15, -0.1) is 0 Å². The van der Waals surface area contributed by atoms with E-state index in [9.17, 15) is 9.59 Å². The van der Waals surface area contributed by atoms with Crippen molar-refractivity contribution in [2.24, 2.45) is 5.92 Å². The monoisotopic (exact) mass is 347 g/mol. The van der Waals surface area contributed by atoms with Gasteiger partial charge in [-0.05, 0) is 30.9 Å². The van der Waals surface area contributed by atoms with Crippen molar-refractivity contribution in [2.75, 3.05) is 46.6 Å². The minimum Gasteiger partial charge on any atom is -0.382 e. The summed E-state index contributed by atoms with van der Waals surface area (Å²) < 4.78 is 10.3. The van der Waals surface area contributed by atoms with E-state index in [0.717, 1.165) is 12.8 Å². The van der Waals surface area contributed by atoms with Gasteiger partial charge in [0.25, 0.3) is 5.91 Å². The van der Waals surface area contributed by atoms with Crippen molar-refractivity contribution >= 4 is 11.8 Å². The summed E-state index contributed by atoms with van der Waals surface area (Å²) in [5, 5.41) is 0. The molecule has 1 aromatic heterocycles. The molecule has 4 heterocycles. The lowest BCUT2D eigenvalue weighted by molar-refractivity contribution is -0.140. The second-order valence-electron chi connectivity index (χ2n) is 6.61. The number of hydrogen-bond donors (Lipinski definition) is 0. The largest absolute Gasteiger partial charge is 0.382 e. The molecule has 25 heavy (non-hydrogen) atoms. The standard InChI is InChI=1S/C18H25N3O4/c1-24-8-9-25-13-17(22)21-11-14-5-6-15(21)12-20(10-14)18(23)16-4-2-3-7-19-16/h2-4,7,14-15H,5-6,8-13H2,1H3/t14-,15+/m1/s1. The number of carbonyl (C=O) groups is 2. The third-order valence-electron chi connectivity index (χ3n) is 4.86. The number of piperidine rings is 1. The number of pyridine rings is 1. The predicted octanol–water partition coefficient (Wildman–Crippen LogP) is 0.808. The van der Waals surface area contributed by atoms with Gasteiger partial charge in [0.05, 0.1) is 13.2 Å². The van der Waals surface area contributed by atoms with Crippen LogP contribution in [0.1, 0.15) is 23.3 Å². The lowest BCUT2D eigenvalue weighted by atomic mass is 9.95. The molecule has 136 valence electrons. The molecule has 0 spiro atoms. The van der Waals surface area contributed by atoms with Gasteiger partial charge < -0.3 is 19.3 Å². The van der Waals surface area contributed by atoms with Gasteiger partial charge in [-0.3, -0.25) is 14.6 Å². The highest BCUT2D eigenvalue weighted by molar-refractivity contribution is 5.92. The summed E-state index contributed by atoms with van der Waals surface area (Å²) >= 11 is 0. The van der Waals surface area contributed by atoms with E-state index in [0.29, 0.717) is 44.5 Å². The van der Waals surface area contributed by atoms with Crippen molar-refractivity contribution < 1.29 is 19.1 Å². The molecule has 2 bridgehead atoms. The van der Waals surface area contributed by atoms with Crippen molar-refractivity contribution in [1.29, 1.82) is 0 Å². The number of aromatic nitrogens is 1. The lowest BCUT2D eigenvalue weighted by Crippen LogP contribution is -2.49. The Morgan fingerprint density at radius 2 is 2.08 bits per heavy atom. The summed E-state index contributed by atoms with van der Waals surface area (Å²) in [5.41, 5.74) is 0.463.